The fraction of sp³-hybridized carbons (Fsp3) is 0.200. The summed E-state index contributed by atoms with van der Waals surface area (Å²) in [4.78, 5) is 20.7. The third kappa shape index (κ3) is 1.84. The molecule has 1 aromatic carbocycles. The molecule has 0 fully saturated rings. The minimum absolute atomic E-state index is 0.174. The molecule has 0 N–H and O–H groups in total. The van der Waals surface area contributed by atoms with E-state index in [0.29, 0.717) is 5.56 Å². The van der Waals surface area contributed by atoms with Gasteiger partial charge in [-0.3, -0.25) is 9.63 Å². The van der Waals surface area contributed by atoms with Crippen molar-refractivity contribution in [2.24, 2.45) is 0 Å². The average molecular weight is 222 g/mol. The lowest BCUT2D eigenvalue weighted by atomic mass is 10.2. The van der Waals surface area contributed by atoms with Gasteiger partial charge in [0.1, 0.15) is 0 Å². The van der Waals surface area contributed by atoms with E-state index in [4.69, 9.17) is 4.84 Å². The molecule has 0 saturated heterocycles. The molecule has 0 spiro atoms. The summed E-state index contributed by atoms with van der Waals surface area (Å²) in [7, 11) is 3.03. The topological polar surface area (TPSA) is 42.4 Å². The van der Waals surface area contributed by atoms with Crippen LogP contribution in [0.15, 0.2) is 23.7 Å². The standard InChI is InChI=1S/C10H10N2O2S/c1-12(14-2)10(13)7-3-4-9-8(5-7)11-6-15-9/h3-6H,1-2H3. The van der Waals surface area contributed by atoms with Crippen LogP contribution in [-0.4, -0.2) is 30.1 Å². The number of aromatic nitrogens is 1. The SMILES string of the molecule is CON(C)C(=O)c1ccc2scnc2c1. The van der Waals surface area contributed by atoms with Crippen LogP contribution in [0.4, 0.5) is 0 Å². The largest absolute Gasteiger partial charge is 0.277 e. The van der Waals surface area contributed by atoms with Crippen LogP contribution in [0, 0.1) is 0 Å². The highest BCUT2D eigenvalue weighted by Crippen LogP contribution is 2.19. The Kier molecular flexibility index (Phi) is 2.66. The normalized spacial score (nSPS) is 10.5. The van der Waals surface area contributed by atoms with Crippen molar-refractivity contribution in [2.45, 2.75) is 0 Å². The van der Waals surface area contributed by atoms with Crippen LogP contribution in [0.3, 0.4) is 0 Å². The zero-order valence-electron chi connectivity index (χ0n) is 8.43. The van der Waals surface area contributed by atoms with Crippen molar-refractivity contribution in [2.75, 3.05) is 14.2 Å². The number of carbonyl (C=O) groups excluding carboxylic acids is 1. The molecule has 15 heavy (non-hydrogen) atoms. The zero-order chi connectivity index (χ0) is 10.8. The lowest BCUT2D eigenvalue weighted by Gasteiger charge is -2.13. The predicted octanol–water partition coefficient (Wildman–Crippen LogP) is 1.93. The Hall–Kier alpha value is -1.46. The van der Waals surface area contributed by atoms with Crippen molar-refractivity contribution in [3.63, 3.8) is 0 Å². The first-order valence-corrected chi connectivity index (χ1v) is 5.26. The second-order valence-electron chi connectivity index (χ2n) is 3.02. The van der Waals surface area contributed by atoms with Crippen LogP contribution >= 0.6 is 11.3 Å². The first kappa shape index (κ1) is 10.1. The number of fused-ring (bicyclic) bond motifs is 1. The number of hydrogen-bond donors (Lipinski definition) is 0. The minimum Gasteiger partial charge on any atom is -0.274 e. The van der Waals surface area contributed by atoms with E-state index in [-0.39, 0.29) is 5.91 Å². The Balaban J connectivity index is 2.39. The first-order chi connectivity index (χ1) is 7.22. The summed E-state index contributed by atoms with van der Waals surface area (Å²) in [5, 5.41) is 1.19. The van der Waals surface area contributed by atoms with Crippen LogP contribution in [0.2, 0.25) is 0 Å². The van der Waals surface area contributed by atoms with Gasteiger partial charge in [-0.15, -0.1) is 11.3 Å². The summed E-state index contributed by atoms with van der Waals surface area (Å²) in [6.07, 6.45) is 0. The molecule has 5 heteroatoms. The molecule has 0 radical (unpaired) electrons. The highest BCUT2D eigenvalue weighted by molar-refractivity contribution is 7.16. The first-order valence-electron chi connectivity index (χ1n) is 4.38. The zero-order valence-corrected chi connectivity index (χ0v) is 9.25. The molecule has 1 heterocycles. The number of carbonyl (C=O) groups is 1. The highest BCUT2D eigenvalue weighted by Gasteiger charge is 2.11. The van der Waals surface area contributed by atoms with Crippen LogP contribution in [0.5, 0.6) is 0 Å². The third-order valence-corrected chi connectivity index (χ3v) is 2.95. The smallest absolute Gasteiger partial charge is 0.274 e. The van der Waals surface area contributed by atoms with E-state index >= 15 is 0 Å². The van der Waals surface area contributed by atoms with E-state index in [2.05, 4.69) is 4.98 Å². The molecular weight excluding hydrogens is 212 g/mol. The van der Waals surface area contributed by atoms with Gasteiger partial charge in [0, 0.05) is 12.6 Å². The van der Waals surface area contributed by atoms with E-state index in [1.54, 1.807) is 36.0 Å². The van der Waals surface area contributed by atoms with Gasteiger partial charge in [0.25, 0.3) is 5.91 Å². The minimum atomic E-state index is -0.174. The second kappa shape index (κ2) is 3.96. The van der Waals surface area contributed by atoms with Crippen molar-refractivity contribution in [1.82, 2.24) is 10.0 Å². The van der Waals surface area contributed by atoms with Gasteiger partial charge in [0.05, 0.1) is 22.8 Å². The van der Waals surface area contributed by atoms with Crippen molar-refractivity contribution in [1.29, 1.82) is 0 Å². The van der Waals surface area contributed by atoms with Gasteiger partial charge in [0.2, 0.25) is 0 Å². The number of benzene rings is 1. The fourth-order valence-corrected chi connectivity index (χ4v) is 1.91. The molecule has 2 aromatic rings. The number of rotatable bonds is 2. The van der Waals surface area contributed by atoms with Gasteiger partial charge in [-0.25, -0.2) is 10.0 Å². The van der Waals surface area contributed by atoms with E-state index in [1.807, 2.05) is 6.07 Å². The van der Waals surface area contributed by atoms with Gasteiger partial charge in [-0.1, -0.05) is 0 Å². The van der Waals surface area contributed by atoms with E-state index in [0.717, 1.165) is 10.2 Å². The molecule has 1 amide bonds. The molecule has 0 aliphatic heterocycles. The highest BCUT2D eigenvalue weighted by atomic mass is 32.1. The molecule has 0 aliphatic carbocycles. The number of nitrogens with zero attached hydrogens (tertiary/aromatic N) is 2. The summed E-state index contributed by atoms with van der Waals surface area (Å²) in [5.74, 6) is -0.174. The van der Waals surface area contributed by atoms with Crippen molar-refractivity contribution in [3.8, 4) is 0 Å². The molecule has 0 bridgehead atoms. The number of hydroxylamine groups is 2. The fourth-order valence-electron chi connectivity index (χ4n) is 1.26. The Morgan fingerprint density at radius 3 is 3.07 bits per heavy atom. The summed E-state index contributed by atoms with van der Waals surface area (Å²) < 4.78 is 1.08. The van der Waals surface area contributed by atoms with Gasteiger partial charge in [0.15, 0.2) is 0 Å². The van der Waals surface area contributed by atoms with Crippen LogP contribution < -0.4 is 0 Å². The third-order valence-electron chi connectivity index (χ3n) is 2.14. The Morgan fingerprint density at radius 1 is 1.53 bits per heavy atom. The molecule has 0 atom stereocenters. The summed E-state index contributed by atoms with van der Waals surface area (Å²) >= 11 is 1.55. The second-order valence-corrected chi connectivity index (χ2v) is 3.91. The molecule has 4 nitrogen and oxygen atoms in total. The number of amides is 1. The van der Waals surface area contributed by atoms with Gasteiger partial charge >= 0.3 is 0 Å². The molecule has 0 unspecified atom stereocenters. The maximum Gasteiger partial charge on any atom is 0.277 e. The van der Waals surface area contributed by atoms with E-state index in [1.165, 1.54) is 12.2 Å². The predicted molar refractivity (Wildman–Crippen MR) is 58.7 cm³/mol. The van der Waals surface area contributed by atoms with Crippen LogP contribution in [0.25, 0.3) is 10.2 Å². The van der Waals surface area contributed by atoms with Gasteiger partial charge < -0.3 is 0 Å². The van der Waals surface area contributed by atoms with Crippen molar-refractivity contribution < 1.29 is 9.63 Å². The summed E-state index contributed by atoms with van der Waals surface area (Å²) in [6, 6.07) is 5.44. The molecular formula is C10H10N2O2S. The van der Waals surface area contributed by atoms with Crippen molar-refractivity contribution in [3.05, 3.63) is 29.3 Å². The Bertz CT molecular complexity index is 495. The summed E-state index contributed by atoms with van der Waals surface area (Å²) in [6.45, 7) is 0. The maximum atomic E-state index is 11.7. The van der Waals surface area contributed by atoms with Crippen LogP contribution in [-0.2, 0) is 4.84 Å². The average Bonchev–Trinajstić information content (AvgIpc) is 2.73. The molecule has 1 aromatic heterocycles. The van der Waals surface area contributed by atoms with E-state index < -0.39 is 0 Å². The molecule has 0 aliphatic rings. The van der Waals surface area contributed by atoms with Gasteiger partial charge in [-0.05, 0) is 18.2 Å². The molecule has 78 valence electrons. The Morgan fingerprint density at radius 2 is 2.33 bits per heavy atom. The quantitative estimate of drug-likeness (QED) is 0.729. The lowest BCUT2D eigenvalue weighted by Crippen LogP contribution is -2.25. The lowest BCUT2D eigenvalue weighted by molar-refractivity contribution is -0.0756. The molecule has 2 rings (SSSR count). The number of hydrogen-bond acceptors (Lipinski definition) is 4. The van der Waals surface area contributed by atoms with Crippen LogP contribution in [0.1, 0.15) is 10.4 Å². The van der Waals surface area contributed by atoms with Gasteiger partial charge in [-0.2, -0.15) is 0 Å². The number of thiazole rings is 1. The van der Waals surface area contributed by atoms with Crippen molar-refractivity contribution >= 4 is 27.5 Å². The maximum absolute atomic E-state index is 11.7. The monoisotopic (exact) mass is 222 g/mol. The van der Waals surface area contributed by atoms with E-state index in [9.17, 15) is 4.79 Å². The summed E-state index contributed by atoms with van der Waals surface area (Å²) in [5.41, 5.74) is 3.19. The Labute approximate surface area is 91.1 Å². The molecule has 0 saturated carbocycles.